The highest BCUT2D eigenvalue weighted by Crippen LogP contribution is 2.56. The van der Waals surface area contributed by atoms with Gasteiger partial charge < -0.3 is 4.57 Å². The molecule has 8 nitrogen and oxygen atoms in total. The summed E-state index contributed by atoms with van der Waals surface area (Å²) >= 11 is 0. The topological polar surface area (TPSA) is 95.6 Å². The maximum Gasteiger partial charge on any atom is 0.460 e. The number of hydrogen-bond acceptors (Lipinski definition) is 6. The number of hydrogen-bond donors (Lipinski definition) is 0. The lowest BCUT2D eigenvalue weighted by atomic mass is 9.90. The molecule has 0 fully saturated rings. The van der Waals surface area contributed by atoms with E-state index in [1.54, 1.807) is 0 Å². The summed E-state index contributed by atoms with van der Waals surface area (Å²) in [5.41, 5.74) is -1.34. The van der Waals surface area contributed by atoms with Gasteiger partial charge in [0.1, 0.15) is 18.3 Å². The highest BCUT2D eigenvalue weighted by Gasteiger charge is 2.82. The third-order valence-electron chi connectivity index (χ3n) is 5.60. The summed E-state index contributed by atoms with van der Waals surface area (Å²) in [6.45, 7) is 1.60. The molecule has 0 amide bonds. The fourth-order valence-electron chi connectivity index (χ4n) is 3.35. The minimum Gasteiger partial charge on any atom is -0.329 e. The van der Waals surface area contributed by atoms with E-state index in [0.717, 1.165) is 24.1 Å². The van der Waals surface area contributed by atoms with Gasteiger partial charge in [-0.25, -0.2) is 28.1 Å². The van der Waals surface area contributed by atoms with Crippen LogP contribution in [0.2, 0.25) is 0 Å². The second-order valence-electron chi connectivity index (χ2n) is 7.82. The van der Waals surface area contributed by atoms with Gasteiger partial charge in [0.25, 0.3) is 0 Å². The number of aromatic nitrogens is 6. The summed E-state index contributed by atoms with van der Waals surface area (Å²) in [5, 5.41) is 3.81. The molecule has 0 saturated heterocycles. The Morgan fingerprint density at radius 1 is 1.00 bits per heavy atom. The predicted molar refractivity (Wildman–Crippen MR) is 108 cm³/mol. The zero-order chi connectivity index (χ0) is 28.2. The lowest BCUT2D eigenvalue weighted by molar-refractivity contribution is -0.398. The van der Waals surface area contributed by atoms with Crippen LogP contribution in [-0.2, 0) is 16.9 Å². The molecule has 37 heavy (non-hydrogen) atoms. The van der Waals surface area contributed by atoms with Gasteiger partial charge in [0.05, 0.1) is 16.6 Å². The minimum absolute atomic E-state index is 0.0122. The zero-order valence-electron chi connectivity index (χ0n) is 19.0. The van der Waals surface area contributed by atoms with Crippen LogP contribution in [0, 0.1) is 0 Å². The zero-order valence-corrected chi connectivity index (χ0v) is 19.8. The molecule has 1 atom stereocenters. The monoisotopic (exact) mass is 564 g/mol. The fourth-order valence-corrected chi connectivity index (χ4v) is 4.36. The average Bonchev–Trinajstić information content (AvgIpc) is 3.47. The van der Waals surface area contributed by atoms with Crippen LogP contribution in [0.15, 0.2) is 35.9 Å². The Bertz CT molecular complexity index is 1390. The van der Waals surface area contributed by atoms with E-state index in [-0.39, 0.29) is 5.82 Å². The lowest BCUT2D eigenvalue weighted by Gasteiger charge is -2.36. The second kappa shape index (κ2) is 8.98. The molecular weight excluding hydrogens is 547 g/mol. The van der Waals surface area contributed by atoms with Crippen LogP contribution in [0.4, 0.5) is 39.5 Å². The molecule has 0 radical (unpaired) electrons. The number of nitrogens with zero attached hydrogens (tertiary/aromatic N) is 6. The van der Waals surface area contributed by atoms with E-state index in [9.17, 15) is 47.9 Å². The summed E-state index contributed by atoms with van der Waals surface area (Å²) < 4.78 is 148. The number of alkyl halides is 9. The molecule has 0 N–H and O–H groups in total. The number of halogens is 9. The largest absolute Gasteiger partial charge is 0.460 e. The predicted octanol–water partition coefficient (Wildman–Crippen LogP) is 4.43. The van der Waals surface area contributed by atoms with Crippen LogP contribution in [0.1, 0.15) is 25.5 Å². The van der Waals surface area contributed by atoms with Gasteiger partial charge in [0, 0.05) is 18.9 Å². The Morgan fingerprint density at radius 2 is 1.62 bits per heavy atom. The molecule has 0 aliphatic heterocycles. The standard InChI is InChI=1S/C19H17F9N6O2S/c1-4-37(35,36)12-5-6-13(34-9-29-8-31-34)32-14(12)15-30-7-11(33(15)3)10(2)16(20,21)17(22,23)18(24,25)19(26,27)28/h5-10H,4H2,1-3H3/t10-/m0/s1. The van der Waals surface area contributed by atoms with E-state index in [4.69, 9.17) is 0 Å². The Hall–Kier alpha value is -3.18. The number of imidazole rings is 1. The normalized spacial score (nSPS) is 14.7. The Morgan fingerprint density at radius 3 is 2.14 bits per heavy atom. The molecule has 0 aliphatic carbocycles. The van der Waals surface area contributed by atoms with Gasteiger partial charge in [-0.05, 0) is 12.1 Å². The van der Waals surface area contributed by atoms with Gasteiger partial charge in [-0.2, -0.15) is 44.6 Å². The Kier molecular flexibility index (Phi) is 6.89. The van der Waals surface area contributed by atoms with Crippen LogP contribution >= 0.6 is 0 Å². The van der Waals surface area contributed by atoms with Gasteiger partial charge in [-0.3, -0.25) is 0 Å². The van der Waals surface area contributed by atoms with E-state index in [1.807, 2.05) is 0 Å². The first-order chi connectivity index (χ1) is 16.8. The van der Waals surface area contributed by atoms with E-state index in [1.165, 1.54) is 19.3 Å². The van der Waals surface area contributed by atoms with Crippen molar-refractivity contribution in [2.45, 2.75) is 48.6 Å². The molecule has 3 aromatic rings. The van der Waals surface area contributed by atoms with Crippen LogP contribution in [-0.4, -0.2) is 67.4 Å². The number of sulfone groups is 1. The second-order valence-corrected chi connectivity index (χ2v) is 10.1. The summed E-state index contributed by atoms with van der Waals surface area (Å²) in [5.74, 6) is -23.7. The van der Waals surface area contributed by atoms with Crippen LogP contribution < -0.4 is 0 Å². The molecular formula is C19H17F9N6O2S. The van der Waals surface area contributed by atoms with Crippen molar-refractivity contribution in [1.82, 2.24) is 29.3 Å². The number of pyridine rings is 1. The maximum absolute atomic E-state index is 14.6. The van der Waals surface area contributed by atoms with E-state index in [2.05, 4.69) is 20.1 Å². The SMILES string of the molecule is CCS(=O)(=O)c1ccc(-n2cncn2)nc1-c1ncc([C@H](C)C(F)(F)C(F)(F)C(F)(F)C(F)(F)F)n1C. The molecule has 0 unspecified atom stereocenters. The van der Waals surface area contributed by atoms with E-state index >= 15 is 0 Å². The van der Waals surface area contributed by atoms with Crippen molar-refractivity contribution in [3.63, 3.8) is 0 Å². The lowest BCUT2D eigenvalue weighted by Crippen LogP contribution is -2.62. The van der Waals surface area contributed by atoms with Crippen molar-refractivity contribution < 1.29 is 47.9 Å². The molecule has 3 heterocycles. The van der Waals surface area contributed by atoms with Crippen molar-refractivity contribution >= 4 is 9.84 Å². The Balaban J connectivity index is 2.17. The molecule has 0 spiro atoms. The van der Waals surface area contributed by atoms with Gasteiger partial charge in [-0.15, -0.1) is 0 Å². The quantitative estimate of drug-likeness (QED) is 0.376. The third kappa shape index (κ3) is 4.44. The summed E-state index contributed by atoms with van der Waals surface area (Å²) in [4.78, 5) is 11.1. The van der Waals surface area contributed by atoms with Crippen LogP contribution in [0.5, 0.6) is 0 Å². The van der Waals surface area contributed by atoms with Gasteiger partial charge in [-0.1, -0.05) is 13.8 Å². The average molecular weight is 564 g/mol. The summed E-state index contributed by atoms with van der Waals surface area (Å²) in [7, 11) is -3.08. The first kappa shape index (κ1) is 28.4. The van der Waals surface area contributed by atoms with Gasteiger partial charge in [0.2, 0.25) is 0 Å². The molecule has 0 bridgehead atoms. The minimum atomic E-state index is -7.06. The molecule has 3 aromatic heterocycles. The molecule has 204 valence electrons. The van der Waals surface area contributed by atoms with Crippen molar-refractivity contribution in [3.05, 3.63) is 36.7 Å². The van der Waals surface area contributed by atoms with Crippen molar-refractivity contribution in [2.75, 3.05) is 5.75 Å². The molecule has 3 rings (SSSR count). The number of rotatable bonds is 8. The first-order valence-electron chi connectivity index (χ1n) is 10.1. The van der Waals surface area contributed by atoms with Crippen molar-refractivity contribution in [2.24, 2.45) is 7.05 Å². The van der Waals surface area contributed by atoms with Gasteiger partial charge >= 0.3 is 23.9 Å². The molecule has 0 saturated carbocycles. The smallest absolute Gasteiger partial charge is 0.329 e. The summed E-state index contributed by atoms with van der Waals surface area (Å²) in [6.07, 6.45) is -4.12. The molecule has 0 aromatic carbocycles. The fraction of sp³-hybridized carbons (Fsp3) is 0.474. The third-order valence-corrected chi connectivity index (χ3v) is 7.36. The summed E-state index contributed by atoms with van der Waals surface area (Å²) in [6, 6.07) is 2.34. The first-order valence-corrected chi connectivity index (χ1v) is 11.8. The molecule has 0 aliphatic rings. The van der Waals surface area contributed by atoms with Crippen molar-refractivity contribution in [1.29, 1.82) is 0 Å². The highest BCUT2D eigenvalue weighted by atomic mass is 32.2. The van der Waals surface area contributed by atoms with E-state index in [0.29, 0.717) is 17.7 Å². The maximum atomic E-state index is 14.6. The van der Waals surface area contributed by atoms with E-state index < -0.39 is 67.6 Å². The molecule has 18 heteroatoms. The Labute approximate surface area is 203 Å². The van der Waals surface area contributed by atoms with Crippen LogP contribution in [0.3, 0.4) is 0 Å². The highest BCUT2D eigenvalue weighted by molar-refractivity contribution is 7.91. The van der Waals surface area contributed by atoms with Crippen molar-refractivity contribution in [3.8, 4) is 17.3 Å². The van der Waals surface area contributed by atoms with Gasteiger partial charge in [0.15, 0.2) is 21.5 Å². The van der Waals surface area contributed by atoms with Crippen LogP contribution in [0.25, 0.3) is 17.3 Å².